The minimum Gasteiger partial charge on any atom is -0.478 e. The summed E-state index contributed by atoms with van der Waals surface area (Å²) in [5.41, 5.74) is 4.78. The van der Waals surface area contributed by atoms with Crippen molar-refractivity contribution in [2.75, 3.05) is 18.0 Å². The van der Waals surface area contributed by atoms with Gasteiger partial charge in [0.05, 0.1) is 16.6 Å². The maximum Gasteiger partial charge on any atom is 0.335 e. The number of anilines is 1. The third-order valence-corrected chi connectivity index (χ3v) is 6.01. The number of piperidine rings is 1. The molecule has 0 bridgehead atoms. The van der Waals surface area contributed by atoms with Gasteiger partial charge in [0.25, 0.3) is 0 Å². The van der Waals surface area contributed by atoms with Crippen molar-refractivity contribution in [3.63, 3.8) is 0 Å². The molecule has 1 aromatic heterocycles. The number of benzene rings is 3. The number of carboxylic acids is 1. The summed E-state index contributed by atoms with van der Waals surface area (Å²) in [7, 11) is 0. The Labute approximate surface area is 181 Å². The maximum absolute atomic E-state index is 11.4. The second-order valence-corrected chi connectivity index (χ2v) is 7.94. The van der Waals surface area contributed by atoms with Crippen LogP contribution in [0.25, 0.3) is 22.3 Å². The molecular weight excluding hydrogens is 386 g/mol. The average Bonchev–Trinajstić information content (AvgIpc) is 2.84. The summed E-state index contributed by atoms with van der Waals surface area (Å²) in [4.78, 5) is 23.5. The maximum atomic E-state index is 11.4. The first-order valence-electron chi connectivity index (χ1n) is 10.6. The molecule has 0 spiro atoms. The van der Waals surface area contributed by atoms with Gasteiger partial charge in [0.15, 0.2) is 5.82 Å². The Hall–Kier alpha value is -3.73. The first-order chi connectivity index (χ1) is 15.2. The second-order valence-electron chi connectivity index (χ2n) is 7.94. The monoisotopic (exact) mass is 409 g/mol. The molecule has 1 aliphatic rings. The largest absolute Gasteiger partial charge is 0.478 e. The Morgan fingerprint density at radius 2 is 1.52 bits per heavy atom. The van der Waals surface area contributed by atoms with E-state index < -0.39 is 5.97 Å². The summed E-state index contributed by atoms with van der Waals surface area (Å²) in [5.74, 6) is 0.415. The zero-order chi connectivity index (χ0) is 21.2. The molecular formula is C26H23N3O2. The molecule has 0 amide bonds. The van der Waals surface area contributed by atoms with E-state index in [2.05, 4.69) is 35.2 Å². The van der Waals surface area contributed by atoms with Crippen LogP contribution in [0.15, 0.2) is 78.9 Å². The molecule has 31 heavy (non-hydrogen) atoms. The molecule has 1 N–H and O–H groups in total. The smallest absolute Gasteiger partial charge is 0.335 e. The van der Waals surface area contributed by atoms with Crippen molar-refractivity contribution >= 4 is 22.8 Å². The Bertz CT molecular complexity index is 1220. The van der Waals surface area contributed by atoms with Crippen LogP contribution in [0.2, 0.25) is 0 Å². The Kier molecular flexibility index (Phi) is 5.08. The van der Waals surface area contributed by atoms with E-state index in [1.54, 1.807) is 18.2 Å². The molecule has 3 aromatic carbocycles. The molecule has 5 heteroatoms. The normalized spacial score (nSPS) is 14.6. The van der Waals surface area contributed by atoms with Crippen molar-refractivity contribution in [1.29, 1.82) is 0 Å². The summed E-state index contributed by atoms with van der Waals surface area (Å²) in [6.45, 7) is 1.77. The molecule has 1 fully saturated rings. The fourth-order valence-electron chi connectivity index (χ4n) is 4.34. The van der Waals surface area contributed by atoms with Crippen molar-refractivity contribution < 1.29 is 9.90 Å². The van der Waals surface area contributed by atoms with Gasteiger partial charge in [-0.3, -0.25) is 0 Å². The summed E-state index contributed by atoms with van der Waals surface area (Å²) < 4.78 is 0. The van der Waals surface area contributed by atoms with Crippen molar-refractivity contribution in [2.24, 2.45) is 0 Å². The van der Waals surface area contributed by atoms with Gasteiger partial charge in [0.2, 0.25) is 0 Å². The third-order valence-electron chi connectivity index (χ3n) is 6.01. The van der Waals surface area contributed by atoms with Crippen molar-refractivity contribution in [1.82, 2.24) is 9.97 Å². The van der Waals surface area contributed by atoms with Gasteiger partial charge >= 0.3 is 5.97 Å². The van der Waals surface area contributed by atoms with Crippen molar-refractivity contribution in [3.05, 3.63) is 90.0 Å². The molecule has 5 nitrogen and oxygen atoms in total. The minimum atomic E-state index is -0.957. The molecule has 0 saturated carbocycles. The zero-order valence-electron chi connectivity index (χ0n) is 17.1. The van der Waals surface area contributed by atoms with E-state index in [0.717, 1.165) is 43.0 Å². The van der Waals surface area contributed by atoms with Crippen LogP contribution in [0, 0.1) is 0 Å². The van der Waals surface area contributed by atoms with Gasteiger partial charge in [-0.25, -0.2) is 14.8 Å². The van der Waals surface area contributed by atoms with Crippen LogP contribution in [0.5, 0.6) is 0 Å². The minimum absolute atomic E-state index is 0.225. The lowest BCUT2D eigenvalue weighted by Crippen LogP contribution is -2.34. The first-order valence-corrected chi connectivity index (χ1v) is 10.6. The number of fused-ring (bicyclic) bond motifs is 1. The topological polar surface area (TPSA) is 66.3 Å². The molecule has 0 unspecified atom stereocenters. The number of rotatable bonds is 4. The summed E-state index contributed by atoms with van der Waals surface area (Å²) >= 11 is 0. The van der Waals surface area contributed by atoms with Crippen LogP contribution >= 0.6 is 0 Å². The third kappa shape index (κ3) is 3.87. The molecule has 0 atom stereocenters. The molecule has 4 aromatic rings. The number of aromatic carboxylic acids is 1. The van der Waals surface area contributed by atoms with E-state index in [0.29, 0.717) is 17.0 Å². The van der Waals surface area contributed by atoms with E-state index in [1.165, 1.54) is 5.56 Å². The number of hydrogen-bond donors (Lipinski definition) is 1. The van der Waals surface area contributed by atoms with Crippen molar-refractivity contribution in [2.45, 2.75) is 18.8 Å². The lowest BCUT2D eigenvalue weighted by atomic mass is 9.89. The molecule has 5 rings (SSSR count). The quantitative estimate of drug-likeness (QED) is 0.490. The van der Waals surface area contributed by atoms with Crippen LogP contribution in [0.3, 0.4) is 0 Å². The predicted octanol–water partition coefficient (Wildman–Crippen LogP) is 5.38. The van der Waals surface area contributed by atoms with E-state index >= 15 is 0 Å². The van der Waals surface area contributed by atoms with Gasteiger partial charge < -0.3 is 10.0 Å². The van der Waals surface area contributed by atoms with Crippen LogP contribution < -0.4 is 4.90 Å². The van der Waals surface area contributed by atoms with E-state index in [4.69, 9.17) is 9.97 Å². The molecule has 1 saturated heterocycles. The van der Waals surface area contributed by atoms with E-state index in [1.807, 2.05) is 30.3 Å². The first kappa shape index (κ1) is 19.2. The predicted molar refractivity (Wildman–Crippen MR) is 123 cm³/mol. The van der Waals surface area contributed by atoms with Crippen LogP contribution in [0.4, 0.5) is 5.82 Å². The van der Waals surface area contributed by atoms with Crippen LogP contribution in [-0.4, -0.2) is 34.1 Å². The fraction of sp³-hybridized carbons (Fsp3) is 0.192. The number of nitrogens with zero attached hydrogens (tertiary/aromatic N) is 3. The number of carbonyl (C=O) groups is 1. The van der Waals surface area contributed by atoms with Gasteiger partial charge in [-0.1, -0.05) is 60.7 Å². The molecule has 154 valence electrons. The summed E-state index contributed by atoms with van der Waals surface area (Å²) in [6.07, 6.45) is 2.10. The van der Waals surface area contributed by atoms with E-state index in [9.17, 15) is 9.90 Å². The standard InChI is InChI=1S/C26H23N3O2/c30-26(31)21-11-12-22-23(17-21)28-25(24(27-22)20-9-5-2-6-10-20)29-15-13-19(14-16-29)18-7-3-1-4-8-18/h1-12,17,19H,13-16H2,(H,30,31). The fourth-order valence-corrected chi connectivity index (χ4v) is 4.34. The Balaban J connectivity index is 1.53. The molecule has 2 heterocycles. The van der Waals surface area contributed by atoms with Crippen LogP contribution in [0.1, 0.15) is 34.7 Å². The number of aromatic nitrogens is 2. The molecule has 0 radical (unpaired) electrons. The highest BCUT2D eigenvalue weighted by Crippen LogP contribution is 2.35. The number of carboxylic acid groups (broad SMARTS) is 1. The van der Waals surface area contributed by atoms with Gasteiger partial charge in [-0.2, -0.15) is 0 Å². The van der Waals surface area contributed by atoms with Crippen molar-refractivity contribution in [3.8, 4) is 11.3 Å². The summed E-state index contributed by atoms with van der Waals surface area (Å²) in [6, 6.07) is 25.7. The van der Waals surface area contributed by atoms with Gasteiger partial charge in [-0.15, -0.1) is 0 Å². The molecule has 1 aliphatic heterocycles. The van der Waals surface area contributed by atoms with E-state index in [-0.39, 0.29) is 5.56 Å². The highest BCUT2D eigenvalue weighted by molar-refractivity contribution is 5.93. The van der Waals surface area contributed by atoms with Gasteiger partial charge in [0.1, 0.15) is 5.69 Å². The number of hydrogen-bond acceptors (Lipinski definition) is 4. The Morgan fingerprint density at radius 3 is 2.19 bits per heavy atom. The lowest BCUT2D eigenvalue weighted by molar-refractivity contribution is 0.0697. The second kappa shape index (κ2) is 8.19. The molecule has 0 aliphatic carbocycles. The highest BCUT2D eigenvalue weighted by Gasteiger charge is 2.24. The van der Waals surface area contributed by atoms with Gasteiger partial charge in [0, 0.05) is 18.7 Å². The SMILES string of the molecule is O=C(O)c1ccc2nc(-c3ccccc3)c(N3CCC(c4ccccc4)CC3)nc2c1. The summed E-state index contributed by atoms with van der Waals surface area (Å²) in [5, 5.41) is 9.37. The van der Waals surface area contributed by atoms with Crippen LogP contribution in [-0.2, 0) is 0 Å². The lowest BCUT2D eigenvalue weighted by Gasteiger charge is -2.34. The average molecular weight is 409 g/mol. The Morgan fingerprint density at radius 1 is 0.839 bits per heavy atom. The van der Waals surface area contributed by atoms with Gasteiger partial charge in [-0.05, 0) is 42.5 Å². The highest BCUT2D eigenvalue weighted by atomic mass is 16.4. The zero-order valence-corrected chi connectivity index (χ0v) is 17.1.